The first-order valence-corrected chi connectivity index (χ1v) is 12.5. The van der Waals surface area contributed by atoms with E-state index in [-0.39, 0.29) is 18.9 Å². The number of carbonyl (C=O) groups excluding carboxylic acids is 3. The summed E-state index contributed by atoms with van der Waals surface area (Å²) in [4.78, 5) is 65.2. The summed E-state index contributed by atoms with van der Waals surface area (Å²) in [5.41, 5.74) is 0.896. The highest BCUT2D eigenvalue weighted by Gasteiger charge is 2.72. The number of carbonyl (C=O) groups is 3. The molecule has 3 fully saturated rings. The monoisotopic (exact) mass is 551 g/mol. The Hall–Kier alpha value is -4.81. The van der Waals surface area contributed by atoms with E-state index in [1.165, 1.54) is 48.0 Å². The van der Waals surface area contributed by atoms with Gasteiger partial charge in [-0.2, -0.15) is 5.26 Å². The van der Waals surface area contributed by atoms with Crippen LogP contribution >= 0.6 is 0 Å². The number of urea groups is 1. The van der Waals surface area contributed by atoms with Crippen LogP contribution in [0.25, 0.3) is 11.3 Å². The van der Waals surface area contributed by atoms with Crippen molar-refractivity contribution in [1.29, 1.82) is 5.26 Å². The van der Waals surface area contributed by atoms with Crippen molar-refractivity contribution in [2.75, 3.05) is 36.9 Å². The molecule has 5 heterocycles. The van der Waals surface area contributed by atoms with Gasteiger partial charge in [-0.1, -0.05) is 0 Å². The molecule has 2 aromatic rings. The molecule has 4 amide bonds. The molecule has 3 aliphatic heterocycles. The van der Waals surface area contributed by atoms with E-state index in [2.05, 4.69) is 30.2 Å². The van der Waals surface area contributed by atoms with E-state index < -0.39 is 60.4 Å². The van der Waals surface area contributed by atoms with Gasteiger partial charge in [0, 0.05) is 38.1 Å². The molecule has 6 rings (SSSR count). The molecule has 0 radical (unpaired) electrons. The number of piperidine rings is 1. The third-order valence-corrected chi connectivity index (χ3v) is 7.76. The van der Waals surface area contributed by atoms with E-state index >= 15 is 0 Å². The van der Waals surface area contributed by atoms with Gasteiger partial charge in [-0.05, 0) is 6.92 Å². The fourth-order valence-corrected chi connectivity index (χ4v) is 5.35. The molecule has 1 aliphatic carbocycles. The van der Waals surface area contributed by atoms with Crippen molar-refractivity contribution in [3.05, 3.63) is 24.8 Å². The molecule has 2 aromatic heterocycles. The highest BCUT2D eigenvalue weighted by Crippen LogP contribution is 2.59. The Morgan fingerprint density at radius 3 is 2.58 bits per heavy atom. The number of hydrogen-bond donors (Lipinski definition) is 1. The second kappa shape index (κ2) is 9.14. The predicted octanol–water partition coefficient (Wildman–Crippen LogP) is 0.418. The first-order valence-electron chi connectivity index (χ1n) is 12.5. The van der Waals surface area contributed by atoms with E-state index in [1.54, 1.807) is 17.9 Å². The smallest absolute Gasteiger partial charge is 0.329 e. The number of halogens is 2. The lowest BCUT2D eigenvalue weighted by Gasteiger charge is -2.41. The van der Waals surface area contributed by atoms with Gasteiger partial charge in [0.1, 0.15) is 12.6 Å². The van der Waals surface area contributed by atoms with Gasteiger partial charge < -0.3 is 20.0 Å². The minimum Gasteiger partial charge on any atom is -0.340 e. The zero-order valence-electron chi connectivity index (χ0n) is 21.3. The van der Waals surface area contributed by atoms with Gasteiger partial charge >= 0.3 is 6.03 Å². The maximum Gasteiger partial charge on any atom is 0.329 e. The van der Waals surface area contributed by atoms with Crippen molar-refractivity contribution >= 4 is 36.0 Å². The summed E-state index contributed by atoms with van der Waals surface area (Å²) in [6, 6.07) is -0.676. The van der Waals surface area contributed by atoms with Crippen molar-refractivity contribution in [1.82, 2.24) is 34.6 Å². The van der Waals surface area contributed by atoms with Crippen molar-refractivity contribution < 1.29 is 23.2 Å². The van der Waals surface area contributed by atoms with Gasteiger partial charge in [0.2, 0.25) is 11.9 Å². The Morgan fingerprint density at radius 1 is 1.20 bits per heavy atom. The molecule has 0 spiro atoms. The van der Waals surface area contributed by atoms with Crippen molar-refractivity contribution in [2.45, 2.75) is 31.1 Å². The molecular weight excluding hydrogens is 528 g/mol. The molecule has 1 N–H and O–H groups in total. The van der Waals surface area contributed by atoms with Crippen LogP contribution in [0.2, 0.25) is 0 Å². The molecule has 2 saturated heterocycles. The van der Waals surface area contributed by atoms with Crippen LogP contribution < -0.4 is 10.2 Å². The van der Waals surface area contributed by atoms with Gasteiger partial charge in [0.25, 0.3) is 11.8 Å². The number of aliphatic imine (C=N–C) groups is 1. The second-order valence-corrected chi connectivity index (χ2v) is 10.1. The first-order chi connectivity index (χ1) is 19.1. The zero-order valence-corrected chi connectivity index (χ0v) is 21.3. The average molecular weight is 552 g/mol. The van der Waals surface area contributed by atoms with Gasteiger partial charge in [-0.3, -0.25) is 14.6 Å². The zero-order chi connectivity index (χ0) is 28.3. The average Bonchev–Trinajstić information content (AvgIpc) is 3.38. The van der Waals surface area contributed by atoms with Gasteiger partial charge in [-0.25, -0.2) is 38.4 Å². The van der Waals surface area contributed by atoms with E-state index in [0.29, 0.717) is 17.2 Å². The quantitative estimate of drug-likeness (QED) is 0.498. The molecule has 206 valence electrons. The molecule has 40 heavy (non-hydrogen) atoms. The number of nitrogens with zero attached hydrogens (tertiary/aromatic N) is 10. The summed E-state index contributed by atoms with van der Waals surface area (Å²) >= 11 is 0. The number of hydrogen-bond acceptors (Lipinski definition) is 11. The van der Waals surface area contributed by atoms with Gasteiger partial charge in [-0.15, -0.1) is 0 Å². The summed E-state index contributed by atoms with van der Waals surface area (Å²) in [5.74, 6) is -4.49. The number of imide groups is 1. The lowest BCUT2D eigenvalue weighted by molar-refractivity contribution is -0.138. The fourth-order valence-electron chi connectivity index (χ4n) is 5.35. The number of rotatable bonds is 6. The highest BCUT2D eigenvalue weighted by atomic mass is 19.3. The number of nitrogens with one attached hydrogen (secondary N) is 1. The lowest BCUT2D eigenvalue weighted by Crippen LogP contribution is -2.66. The minimum atomic E-state index is -2.59. The summed E-state index contributed by atoms with van der Waals surface area (Å²) in [6.45, 7) is 1.59. The van der Waals surface area contributed by atoms with Crippen LogP contribution in [0.15, 0.2) is 29.8 Å². The van der Waals surface area contributed by atoms with Crippen molar-refractivity contribution in [3.63, 3.8) is 0 Å². The van der Waals surface area contributed by atoms with Crippen LogP contribution in [-0.2, 0) is 9.59 Å². The van der Waals surface area contributed by atoms with Crippen molar-refractivity contribution in [3.8, 4) is 17.3 Å². The third kappa shape index (κ3) is 3.96. The van der Waals surface area contributed by atoms with Gasteiger partial charge in [0.05, 0.1) is 42.3 Å². The highest BCUT2D eigenvalue weighted by molar-refractivity contribution is 6.03. The number of alkyl halides is 2. The topological polar surface area (TPSA) is 164 Å². The summed E-state index contributed by atoms with van der Waals surface area (Å²) in [6.07, 6.45) is 6.39. The molecule has 5 atom stereocenters. The van der Waals surface area contributed by atoms with Crippen molar-refractivity contribution in [2.24, 2.45) is 16.8 Å². The van der Waals surface area contributed by atoms with Crippen LogP contribution in [0.1, 0.15) is 6.92 Å². The molecule has 4 unspecified atom stereocenters. The standard InChI is InChI=1S/C24H23F2N11O3/c1-12(37-11-31-19-18(37)21(39)36(4-3-27)23(40)34(19)2)20(38)33-17-8-28-7-16(32-17)13-5-29-22(30-6-13)35-9-14-15(10-35)24(14,25)26/h5-8,11-12,14-15,18-19H,4,9-10H2,1-2H3,(H,32,33,38)/t12-,14?,15?,18?,19?/m0/s1. The molecule has 0 aromatic carbocycles. The molecule has 1 saturated carbocycles. The minimum absolute atomic E-state index is 0.140. The summed E-state index contributed by atoms with van der Waals surface area (Å²) in [5, 5.41) is 11.7. The van der Waals surface area contributed by atoms with E-state index in [4.69, 9.17) is 5.26 Å². The Morgan fingerprint density at radius 2 is 1.90 bits per heavy atom. The van der Waals surface area contributed by atoms with E-state index in [0.717, 1.165) is 4.90 Å². The number of nitriles is 1. The molecule has 14 nitrogen and oxygen atoms in total. The van der Waals surface area contributed by atoms with Crippen LogP contribution in [0.5, 0.6) is 0 Å². The Bertz CT molecular complexity index is 1450. The Labute approximate surface area is 226 Å². The van der Waals surface area contributed by atoms with Crippen LogP contribution in [0.4, 0.5) is 25.3 Å². The number of likely N-dealkylation sites (N-methyl/N-ethyl adjacent to an activating group) is 1. The molecule has 0 bridgehead atoms. The van der Waals surface area contributed by atoms with E-state index in [1.807, 2.05) is 0 Å². The van der Waals surface area contributed by atoms with Crippen LogP contribution in [-0.4, -0.2) is 110 Å². The number of anilines is 2. The van der Waals surface area contributed by atoms with Gasteiger partial charge in [0.15, 0.2) is 18.0 Å². The SMILES string of the molecule is C[C@@H](C(=O)Nc1cncc(-c2cnc(N3CC4C(C3)C4(F)F)nc2)n1)N1C=NC2C1C(=O)N(CC#N)C(=O)N2C. The van der Waals surface area contributed by atoms with Crippen LogP contribution in [0.3, 0.4) is 0 Å². The Kier molecular flexibility index (Phi) is 5.82. The summed E-state index contributed by atoms with van der Waals surface area (Å²) < 4.78 is 27.0. The fraction of sp³-hybridized carbons (Fsp3) is 0.458. The first kappa shape index (κ1) is 25.5. The Balaban J connectivity index is 1.12. The largest absolute Gasteiger partial charge is 0.340 e. The second-order valence-electron chi connectivity index (χ2n) is 10.1. The predicted molar refractivity (Wildman–Crippen MR) is 134 cm³/mol. The molecular formula is C24H23F2N11O3. The maximum absolute atomic E-state index is 13.5. The van der Waals surface area contributed by atoms with Crippen LogP contribution in [0, 0.1) is 23.2 Å². The third-order valence-electron chi connectivity index (χ3n) is 7.76. The lowest BCUT2D eigenvalue weighted by atomic mass is 10.1. The normalized spacial score (nSPS) is 26.9. The maximum atomic E-state index is 13.5. The number of fused-ring (bicyclic) bond motifs is 2. The molecule has 4 aliphatic rings. The summed E-state index contributed by atoms with van der Waals surface area (Å²) in [7, 11) is 1.48. The molecule has 16 heteroatoms. The van der Waals surface area contributed by atoms with E-state index in [9.17, 15) is 23.2 Å². The number of aromatic nitrogens is 4. The number of amides is 4.